The first kappa shape index (κ1) is 10.5. The molecule has 2 rings (SSSR count). The number of nitrogens with one attached hydrogen (secondary N) is 2. The maximum atomic E-state index is 11.7. The van der Waals surface area contributed by atoms with Crippen LogP contribution in [-0.4, -0.2) is 25.9 Å². The molecule has 2 aliphatic carbocycles. The minimum Gasteiger partial charge on any atom is -0.359 e. The van der Waals surface area contributed by atoms with Crippen LogP contribution in [0.15, 0.2) is 0 Å². The number of rotatable bonds is 2. The van der Waals surface area contributed by atoms with E-state index in [-0.39, 0.29) is 23.7 Å². The molecule has 2 saturated carbocycles. The molecule has 2 fully saturated rings. The van der Waals surface area contributed by atoms with Gasteiger partial charge in [0.1, 0.15) is 0 Å². The van der Waals surface area contributed by atoms with Gasteiger partial charge in [-0.05, 0) is 31.1 Å². The lowest BCUT2D eigenvalue weighted by atomic mass is 9.78. The Morgan fingerprint density at radius 3 is 1.67 bits per heavy atom. The molecule has 0 saturated heterocycles. The highest BCUT2D eigenvalue weighted by Gasteiger charge is 2.53. The van der Waals surface area contributed by atoms with Gasteiger partial charge in [0.25, 0.3) is 0 Å². The van der Waals surface area contributed by atoms with Crippen LogP contribution in [0.3, 0.4) is 0 Å². The third-order valence-corrected chi connectivity index (χ3v) is 4.01. The third-order valence-electron chi connectivity index (χ3n) is 4.01. The van der Waals surface area contributed by atoms with Crippen molar-refractivity contribution in [1.29, 1.82) is 0 Å². The van der Waals surface area contributed by atoms with E-state index in [0.717, 1.165) is 19.3 Å². The predicted octanol–water partition coefficient (Wildman–Crippen LogP) is 0.141. The van der Waals surface area contributed by atoms with Gasteiger partial charge in [-0.1, -0.05) is 0 Å². The normalized spacial score (nSPS) is 37.7. The molecule has 2 bridgehead atoms. The smallest absolute Gasteiger partial charge is 0.223 e. The molecule has 84 valence electrons. The lowest BCUT2D eigenvalue weighted by Gasteiger charge is -2.28. The summed E-state index contributed by atoms with van der Waals surface area (Å²) in [6.07, 6.45) is 3.27. The van der Waals surface area contributed by atoms with E-state index in [1.165, 1.54) is 0 Å². The molecule has 0 aromatic heterocycles. The van der Waals surface area contributed by atoms with Crippen LogP contribution in [0.25, 0.3) is 0 Å². The zero-order valence-electron chi connectivity index (χ0n) is 9.25. The van der Waals surface area contributed by atoms with Crippen molar-refractivity contribution in [2.75, 3.05) is 14.1 Å². The fourth-order valence-corrected chi connectivity index (χ4v) is 3.38. The van der Waals surface area contributed by atoms with E-state index in [2.05, 4.69) is 10.6 Å². The number of fused-ring (bicyclic) bond motifs is 2. The largest absolute Gasteiger partial charge is 0.359 e. The predicted molar refractivity (Wildman–Crippen MR) is 55.9 cm³/mol. The Morgan fingerprint density at radius 1 is 0.933 bits per heavy atom. The number of amides is 2. The maximum Gasteiger partial charge on any atom is 0.223 e. The van der Waals surface area contributed by atoms with Gasteiger partial charge in [-0.15, -0.1) is 0 Å². The Labute approximate surface area is 89.8 Å². The van der Waals surface area contributed by atoms with Crippen molar-refractivity contribution in [3.63, 3.8) is 0 Å². The van der Waals surface area contributed by atoms with E-state index in [1.54, 1.807) is 14.1 Å². The van der Waals surface area contributed by atoms with E-state index in [1.807, 2.05) is 0 Å². The molecule has 0 aromatic carbocycles. The molecule has 0 heterocycles. The fraction of sp³-hybridized carbons (Fsp3) is 0.818. The SMILES string of the molecule is CNC(=O)C1C2CCC(C2)C1C(=O)NC. The number of hydrogen-bond donors (Lipinski definition) is 2. The average molecular weight is 210 g/mol. The summed E-state index contributed by atoms with van der Waals surface area (Å²) in [7, 11) is 3.30. The first-order chi connectivity index (χ1) is 7.19. The number of hydrogen-bond acceptors (Lipinski definition) is 2. The third kappa shape index (κ3) is 1.52. The monoisotopic (exact) mass is 210 g/mol. The van der Waals surface area contributed by atoms with Crippen molar-refractivity contribution < 1.29 is 9.59 Å². The molecule has 0 aromatic rings. The van der Waals surface area contributed by atoms with Gasteiger partial charge in [0, 0.05) is 14.1 Å². The number of carbonyl (C=O) groups excluding carboxylic acids is 2. The van der Waals surface area contributed by atoms with E-state index in [4.69, 9.17) is 0 Å². The van der Waals surface area contributed by atoms with Crippen LogP contribution in [-0.2, 0) is 9.59 Å². The number of carbonyl (C=O) groups is 2. The average Bonchev–Trinajstić information content (AvgIpc) is 2.86. The van der Waals surface area contributed by atoms with Gasteiger partial charge in [0.15, 0.2) is 0 Å². The van der Waals surface area contributed by atoms with Crippen molar-refractivity contribution in [2.24, 2.45) is 23.7 Å². The van der Waals surface area contributed by atoms with E-state index >= 15 is 0 Å². The Bertz CT molecular complexity index is 262. The van der Waals surface area contributed by atoms with Crippen LogP contribution in [0.1, 0.15) is 19.3 Å². The Morgan fingerprint density at radius 2 is 1.33 bits per heavy atom. The summed E-state index contributed by atoms with van der Waals surface area (Å²) in [5, 5.41) is 5.36. The molecule has 0 radical (unpaired) electrons. The van der Waals surface area contributed by atoms with Gasteiger partial charge in [-0.25, -0.2) is 0 Å². The van der Waals surface area contributed by atoms with Crippen LogP contribution >= 0.6 is 0 Å². The van der Waals surface area contributed by atoms with E-state index in [0.29, 0.717) is 11.8 Å². The van der Waals surface area contributed by atoms with Gasteiger partial charge < -0.3 is 10.6 Å². The molecule has 4 nitrogen and oxygen atoms in total. The van der Waals surface area contributed by atoms with Crippen LogP contribution in [0.5, 0.6) is 0 Å². The summed E-state index contributed by atoms with van der Waals surface area (Å²) < 4.78 is 0. The summed E-state index contributed by atoms with van der Waals surface area (Å²) in [6.45, 7) is 0. The Kier molecular flexibility index (Phi) is 2.67. The van der Waals surface area contributed by atoms with Gasteiger partial charge in [-0.2, -0.15) is 0 Å². The van der Waals surface area contributed by atoms with Crippen molar-refractivity contribution in [3.05, 3.63) is 0 Å². The van der Waals surface area contributed by atoms with Gasteiger partial charge in [0.2, 0.25) is 11.8 Å². The summed E-state index contributed by atoms with van der Waals surface area (Å²) >= 11 is 0. The second kappa shape index (κ2) is 3.83. The highest BCUT2D eigenvalue weighted by atomic mass is 16.2. The first-order valence-corrected chi connectivity index (χ1v) is 5.62. The van der Waals surface area contributed by atoms with Crippen molar-refractivity contribution in [3.8, 4) is 0 Å². The molecule has 4 heteroatoms. The first-order valence-electron chi connectivity index (χ1n) is 5.62. The summed E-state index contributed by atoms with van der Waals surface area (Å²) in [4.78, 5) is 23.5. The van der Waals surface area contributed by atoms with Crippen LogP contribution in [0.4, 0.5) is 0 Å². The van der Waals surface area contributed by atoms with Crippen LogP contribution < -0.4 is 10.6 Å². The molecule has 4 atom stereocenters. The van der Waals surface area contributed by atoms with Gasteiger partial charge in [-0.3, -0.25) is 9.59 Å². The van der Waals surface area contributed by atoms with Crippen LogP contribution in [0, 0.1) is 23.7 Å². The van der Waals surface area contributed by atoms with E-state index < -0.39 is 0 Å². The minimum absolute atomic E-state index is 0.0378. The second-order valence-electron chi connectivity index (χ2n) is 4.61. The van der Waals surface area contributed by atoms with Gasteiger partial charge in [0.05, 0.1) is 11.8 Å². The van der Waals surface area contributed by atoms with Crippen LogP contribution in [0.2, 0.25) is 0 Å². The molecule has 0 aliphatic heterocycles. The molecule has 0 spiro atoms. The Balaban J connectivity index is 2.19. The molecule has 2 N–H and O–H groups in total. The van der Waals surface area contributed by atoms with Crippen molar-refractivity contribution >= 4 is 11.8 Å². The zero-order valence-corrected chi connectivity index (χ0v) is 9.25. The lowest BCUT2D eigenvalue weighted by Crippen LogP contribution is -2.43. The summed E-state index contributed by atoms with van der Waals surface area (Å²) in [5.74, 6) is 0.753. The zero-order chi connectivity index (χ0) is 11.0. The molecular weight excluding hydrogens is 192 g/mol. The minimum atomic E-state index is -0.0892. The fourth-order valence-electron chi connectivity index (χ4n) is 3.38. The maximum absolute atomic E-state index is 11.7. The summed E-state index contributed by atoms with van der Waals surface area (Å²) in [6, 6.07) is 0. The topological polar surface area (TPSA) is 58.2 Å². The van der Waals surface area contributed by atoms with Crippen molar-refractivity contribution in [1.82, 2.24) is 10.6 Å². The quantitative estimate of drug-likeness (QED) is 0.681. The van der Waals surface area contributed by atoms with Gasteiger partial charge >= 0.3 is 0 Å². The summed E-state index contributed by atoms with van der Waals surface area (Å²) in [5.41, 5.74) is 0. The molecule has 2 aliphatic rings. The lowest BCUT2D eigenvalue weighted by molar-refractivity contribution is -0.136. The molecular formula is C11H18N2O2. The second-order valence-corrected chi connectivity index (χ2v) is 4.61. The molecule has 15 heavy (non-hydrogen) atoms. The van der Waals surface area contributed by atoms with E-state index in [9.17, 15) is 9.59 Å². The highest BCUT2D eigenvalue weighted by molar-refractivity contribution is 5.88. The highest BCUT2D eigenvalue weighted by Crippen LogP contribution is 2.52. The molecule has 2 amide bonds. The standard InChI is InChI=1S/C11H18N2O2/c1-12-10(14)8-6-3-4-7(5-6)9(8)11(15)13-2/h6-9H,3-5H2,1-2H3,(H,12,14)(H,13,15). The Hall–Kier alpha value is -1.06. The van der Waals surface area contributed by atoms with Crippen molar-refractivity contribution in [2.45, 2.75) is 19.3 Å². The molecule has 4 unspecified atom stereocenters.